The molecule has 0 spiro atoms. The molecule has 22 heavy (non-hydrogen) atoms. The molecular formula is C17H15IO4. The van der Waals surface area contributed by atoms with Crippen molar-refractivity contribution in [1.82, 2.24) is 0 Å². The number of ketones is 1. The summed E-state index contributed by atoms with van der Waals surface area (Å²) >= 11 is 2.23. The lowest BCUT2D eigenvalue weighted by Crippen LogP contribution is -2.07. The molecule has 114 valence electrons. The predicted octanol–water partition coefficient (Wildman–Crippen LogP) is 3.70. The first kappa shape index (κ1) is 16.5. The Hall–Kier alpha value is -1.89. The number of carboxylic acids is 1. The van der Waals surface area contributed by atoms with Gasteiger partial charge in [-0.15, -0.1) is 0 Å². The van der Waals surface area contributed by atoms with Crippen molar-refractivity contribution >= 4 is 34.3 Å². The molecule has 0 fully saturated rings. The molecule has 5 heteroatoms. The van der Waals surface area contributed by atoms with E-state index in [1.807, 2.05) is 24.3 Å². The first-order valence-electron chi connectivity index (χ1n) is 6.68. The normalized spacial score (nSPS) is 10.3. The molecule has 0 bridgehead atoms. The molecular weight excluding hydrogens is 395 g/mol. The van der Waals surface area contributed by atoms with Crippen LogP contribution in [0.1, 0.15) is 28.4 Å². The Labute approximate surface area is 142 Å². The number of rotatable bonds is 6. The molecule has 2 aromatic carbocycles. The molecule has 0 amide bonds. The van der Waals surface area contributed by atoms with E-state index in [-0.39, 0.29) is 12.2 Å². The van der Waals surface area contributed by atoms with E-state index in [4.69, 9.17) is 9.84 Å². The second-order valence-electron chi connectivity index (χ2n) is 4.86. The van der Waals surface area contributed by atoms with Gasteiger partial charge in [0.1, 0.15) is 12.4 Å². The summed E-state index contributed by atoms with van der Waals surface area (Å²) in [5, 5.41) is 8.95. The number of ether oxygens (including phenoxy) is 1. The summed E-state index contributed by atoms with van der Waals surface area (Å²) in [5.41, 5.74) is 1.92. The van der Waals surface area contributed by atoms with Crippen molar-refractivity contribution in [3.05, 3.63) is 62.7 Å². The van der Waals surface area contributed by atoms with Gasteiger partial charge in [-0.2, -0.15) is 0 Å². The van der Waals surface area contributed by atoms with Crippen LogP contribution in [0, 0.1) is 3.57 Å². The van der Waals surface area contributed by atoms with Crippen molar-refractivity contribution in [3.8, 4) is 5.75 Å². The molecule has 0 atom stereocenters. The topological polar surface area (TPSA) is 63.6 Å². The van der Waals surface area contributed by atoms with E-state index in [0.29, 0.717) is 23.5 Å². The number of aliphatic carboxylic acids is 1. The minimum Gasteiger partial charge on any atom is -0.489 e. The van der Waals surface area contributed by atoms with E-state index in [9.17, 15) is 9.59 Å². The highest BCUT2D eigenvalue weighted by atomic mass is 127. The summed E-state index contributed by atoms with van der Waals surface area (Å²) in [4.78, 5) is 22.4. The maximum absolute atomic E-state index is 11.5. The molecule has 2 aromatic rings. The van der Waals surface area contributed by atoms with Crippen molar-refractivity contribution in [1.29, 1.82) is 0 Å². The third kappa shape index (κ3) is 4.56. The van der Waals surface area contributed by atoms with Gasteiger partial charge in [-0.1, -0.05) is 12.1 Å². The summed E-state index contributed by atoms with van der Waals surface area (Å²) < 4.78 is 6.83. The van der Waals surface area contributed by atoms with Crippen molar-refractivity contribution in [3.63, 3.8) is 0 Å². The third-order valence-corrected chi connectivity index (χ3v) is 3.84. The first-order chi connectivity index (χ1) is 10.5. The standard InChI is InChI=1S/C17H15IO4/c1-11(19)16-7-6-15(8-13(16)9-17(20)21)22-10-12-2-4-14(18)5-3-12/h2-8H,9-10H2,1H3,(H,20,21). The Morgan fingerprint density at radius 3 is 2.41 bits per heavy atom. The Kier molecular flexibility index (Phi) is 5.54. The van der Waals surface area contributed by atoms with Gasteiger partial charge in [-0.05, 0) is 71.0 Å². The zero-order chi connectivity index (χ0) is 16.1. The Morgan fingerprint density at radius 2 is 1.82 bits per heavy atom. The number of hydrogen-bond acceptors (Lipinski definition) is 3. The zero-order valence-electron chi connectivity index (χ0n) is 12.0. The summed E-state index contributed by atoms with van der Waals surface area (Å²) in [7, 11) is 0. The second-order valence-corrected chi connectivity index (χ2v) is 6.11. The zero-order valence-corrected chi connectivity index (χ0v) is 14.2. The monoisotopic (exact) mass is 410 g/mol. The van der Waals surface area contributed by atoms with Gasteiger partial charge in [-0.25, -0.2) is 0 Å². The molecule has 4 nitrogen and oxygen atoms in total. The van der Waals surface area contributed by atoms with Crippen molar-refractivity contribution in [2.75, 3.05) is 0 Å². The summed E-state index contributed by atoms with van der Waals surface area (Å²) in [6, 6.07) is 12.9. The molecule has 0 aromatic heterocycles. The highest BCUT2D eigenvalue weighted by Crippen LogP contribution is 2.20. The first-order valence-corrected chi connectivity index (χ1v) is 7.76. The van der Waals surface area contributed by atoms with E-state index < -0.39 is 5.97 Å². The fourth-order valence-corrected chi connectivity index (χ4v) is 2.42. The Balaban J connectivity index is 2.15. The molecule has 0 saturated heterocycles. The molecule has 1 N–H and O–H groups in total. The molecule has 0 aliphatic carbocycles. The third-order valence-electron chi connectivity index (χ3n) is 3.12. The molecule has 0 radical (unpaired) electrons. The van der Waals surface area contributed by atoms with Gasteiger partial charge in [0, 0.05) is 9.13 Å². The minimum absolute atomic E-state index is 0.152. The average Bonchev–Trinajstić information content (AvgIpc) is 2.46. The van der Waals surface area contributed by atoms with Crippen molar-refractivity contribution < 1.29 is 19.4 Å². The molecule has 0 aliphatic heterocycles. The van der Waals surface area contributed by atoms with Gasteiger partial charge in [0.25, 0.3) is 0 Å². The van der Waals surface area contributed by atoms with Crippen LogP contribution in [0.5, 0.6) is 5.75 Å². The van der Waals surface area contributed by atoms with Crippen LogP contribution in [0.4, 0.5) is 0 Å². The number of hydrogen-bond donors (Lipinski definition) is 1. The molecule has 0 saturated carbocycles. The van der Waals surface area contributed by atoms with Crippen molar-refractivity contribution in [2.45, 2.75) is 20.0 Å². The highest BCUT2D eigenvalue weighted by Gasteiger charge is 2.12. The number of benzene rings is 2. The van der Waals surface area contributed by atoms with Crippen LogP contribution in [0.15, 0.2) is 42.5 Å². The van der Waals surface area contributed by atoms with Crippen LogP contribution < -0.4 is 4.74 Å². The predicted molar refractivity (Wildman–Crippen MR) is 91.3 cm³/mol. The van der Waals surface area contributed by atoms with Gasteiger partial charge in [0.2, 0.25) is 0 Å². The Morgan fingerprint density at radius 1 is 1.14 bits per heavy atom. The number of carbonyl (C=O) groups is 2. The lowest BCUT2D eigenvalue weighted by atomic mass is 10.0. The summed E-state index contributed by atoms with van der Waals surface area (Å²) in [5.74, 6) is -0.572. The average molecular weight is 410 g/mol. The van der Waals surface area contributed by atoms with Crippen LogP contribution in [-0.2, 0) is 17.8 Å². The second kappa shape index (κ2) is 7.40. The van der Waals surface area contributed by atoms with Gasteiger partial charge in [-0.3, -0.25) is 9.59 Å². The van der Waals surface area contributed by atoms with Crippen LogP contribution in [0.3, 0.4) is 0 Å². The maximum atomic E-state index is 11.5. The lowest BCUT2D eigenvalue weighted by molar-refractivity contribution is -0.136. The van der Waals surface area contributed by atoms with E-state index >= 15 is 0 Å². The summed E-state index contributed by atoms with van der Waals surface area (Å²) in [6.07, 6.45) is -0.199. The highest BCUT2D eigenvalue weighted by molar-refractivity contribution is 14.1. The molecule has 0 aliphatic rings. The molecule has 0 heterocycles. The van der Waals surface area contributed by atoms with Crippen molar-refractivity contribution in [2.24, 2.45) is 0 Å². The SMILES string of the molecule is CC(=O)c1ccc(OCc2ccc(I)cc2)cc1CC(=O)O. The number of halogens is 1. The van der Waals surface area contributed by atoms with Gasteiger partial charge < -0.3 is 9.84 Å². The Bertz CT molecular complexity index is 692. The fraction of sp³-hybridized carbons (Fsp3) is 0.176. The maximum Gasteiger partial charge on any atom is 0.307 e. The molecule has 2 rings (SSSR count). The number of carboxylic acid groups (broad SMARTS) is 1. The summed E-state index contributed by atoms with van der Waals surface area (Å²) in [6.45, 7) is 1.82. The van der Waals surface area contributed by atoms with Gasteiger partial charge in [0.05, 0.1) is 6.42 Å². The quantitative estimate of drug-likeness (QED) is 0.583. The number of carbonyl (C=O) groups excluding carboxylic acids is 1. The van der Waals surface area contributed by atoms with Gasteiger partial charge in [0.15, 0.2) is 5.78 Å². The smallest absolute Gasteiger partial charge is 0.307 e. The molecule has 0 unspecified atom stereocenters. The van der Waals surface area contributed by atoms with Crippen LogP contribution in [0.25, 0.3) is 0 Å². The minimum atomic E-state index is -0.975. The van der Waals surface area contributed by atoms with E-state index in [1.54, 1.807) is 18.2 Å². The lowest BCUT2D eigenvalue weighted by Gasteiger charge is -2.10. The van der Waals surface area contributed by atoms with E-state index in [2.05, 4.69) is 22.6 Å². The van der Waals surface area contributed by atoms with E-state index in [0.717, 1.165) is 9.13 Å². The van der Waals surface area contributed by atoms with Crippen LogP contribution >= 0.6 is 22.6 Å². The number of Topliss-reactive ketones (excluding diaryl/α,β-unsaturated/α-hetero) is 1. The largest absolute Gasteiger partial charge is 0.489 e. The fourth-order valence-electron chi connectivity index (χ4n) is 2.06. The van der Waals surface area contributed by atoms with Gasteiger partial charge >= 0.3 is 5.97 Å². The van der Waals surface area contributed by atoms with E-state index in [1.165, 1.54) is 6.92 Å². The van der Waals surface area contributed by atoms with Crippen LogP contribution in [-0.4, -0.2) is 16.9 Å². The van der Waals surface area contributed by atoms with Crippen LogP contribution in [0.2, 0.25) is 0 Å².